The molecule has 7 nitrogen and oxygen atoms in total. The zero-order valence-electron chi connectivity index (χ0n) is 17.1. The van der Waals surface area contributed by atoms with Crippen molar-refractivity contribution >= 4 is 25.1 Å². The molecule has 27 heavy (non-hydrogen) atoms. The van der Waals surface area contributed by atoms with Crippen LogP contribution in [0.2, 0.25) is 0 Å². The van der Waals surface area contributed by atoms with E-state index in [2.05, 4.69) is 5.32 Å². The molecule has 0 bridgehead atoms. The van der Waals surface area contributed by atoms with Crippen molar-refractivity contribution in [1.82, 2.24) is 10.2 Å². The standard InChI is InChI=1S/C19H35N2O5P/c1-14(2)13-27(25,26)11-9-20-17(22)8-6-5-7-10-21-18(23)12-16(15(3)4)19(21)24/h14-16H,5-13H2,1-4H3,(H,20,22)(H,25,26). The van der Waals surface area contributed by atoms with E-state index in [1.54, 1.807) is 0 Å². The molecule has 0 radical (unpaired) electrons. The molecule has 1 aliphatic heterocycles. The minimum Gasteiger partial charge on any atom is -0.356 e. The predicted molar refractivity (Wildman–Crippen MR) is 106 cm³/mol. The van der Waals surface area contributed by atoms with E-state index in [9.17, 15) is 23.8 Å². The molecule has 0 saturated carbocycles. The molecule has 156 valence electrons. The molecule has 0 aromatic heterocycles. The van der Waals surface area contributed by atoms with Crippen molar-refractivity contribution in [2.24, 2.45) is 17.8 Å². The van der Waals surface area contributed by atoms with Crippen molar-refractivity contribution in [2.75, 3.05) is 25.4 Å². The van der Waals surface area contributed by atoms with Gasteiger partial charge in [0.25, 0.3) is 0 Å². The molecule has 1 saturated heterocycles. The predicted octanol–water partition coefficient (Wildman–Crippen LogP) is 2.62. The quantitative estimate of drug-likeness (QED) is 0.297. The van der Waals surface area contributed by atoms with Crippen molar-refractivity contribution in [3.05, 3.63) is 0 Å². The van der Waals surface area contributed by atoms with Crippen LogP contribution < -0.4 is 5.32 Å². The summed E-state index contributed by atoms with van der Waals surface area (Å²) < 4.78 is 11.9. The van der Waals surface area contributed by atoms with Gasteiger partial charge in [-0.1, -0.05) is 34.1 Å². The van der Waals surface area contributed by atoms with Gasteiger partial charge in [-0.05, 0) is 24.7 Å². The Morgan fingerprint density at radius 1 is 1.22 bits per heavy atom. The minimum atomic E-state index is -3.16. The zero-order chi connectivity index (χ0) is 20.6. The van der Waals surface area contributed by atoms with Crippen LogP contribution in [0.1, 0.15) is 59.8 Å². The van der Waals surface area contributed by atoms with Crippen molar-refractivity contribution in [3.63, 3.8) is 0 Å². The maximum absolute atomic E-state index is 12.2. The summed E-state index contributed by atoms with van der Waals surface area (Å²) in [4.78, 5) is 47.1. The van der Waals surface area contributed by atoms with Crippen LogP contribution in [0.3, 0.4) is 0 Å². The highest BCUT2D eigenvalue weighted by Crippen LogP contribution is 2.41. The van der Waals surface area contributed by atoms with Crippen LogP contribution in [-0.2, 0) is 18.9 Å². The highest BCUT2D eigenvalue weighted by Gasteiger charge is 2.39. The lowest BCUT2D eigenvalue weighted by atomic mass is 9.94. The second-order valence-electron chi connectivity index (χ2n) is 8.25. The Bertz CT molecular complexity index is 576. The molecule has 1 aliphatic rings. The van der Waals surface area contributed by atoms with Gasteiger partial charge in [-0.25, -0.2) is 0 Å². The lowest BCUT2D eigenvalue weighted by molar-refractivity contribution is -0.139. The lowest BCUT2D eigenvalue weighted by Gasteiger charge is -2.16. The molecule has 0 aromatic carbocycles. The van der Waals surface area contributed by atoms with Gasteiger partial charge < -0.3 is 10.2 Å². The molecule has 1 fully saturated rings. The first-order chi connectivity index (χ1) is 12.5. The van der Waals surface area contributed by atoms with Crippen LogP contribution in [0, 0.1) is 17.8 Å². The highest BCUT2D eigenvalue weighted by molar-refractivity contribution is 7.58. The summed E-state index contributed by atoms with van der Waals surface area (Å²) in [6.45, 7) is 8.34. The molecular formula is C19H35N2O5P. The van der Waals surface area contributed by atoms with Gasteiger partial charge in [0.1, 0.15) is 0 Å². The molecule has 0 aliphatic carbocycles. The molecule has 3 amide bonds. The largest absolute Gasteiger partial charge is 0.356 e. The van der Waals surface area contributed by atoms with E-state index in [-0.39, 0.29) is 54.3 Å². The molecule has 2 unspecified atom stereocenters. The second kappa shape index (κ2) is 11.0. The molecule has 0 aromatic rings. The van der Waals surface area contributed by atoms with E-state index >= 15 is 0 Å². The summed E-state index contributed by atoms with van der Waals surface area (Å²) in [5.41, 5.74) is 0. The average molecular weight is 402 g/mol. The number of rotatable bonds is 12. The molecule has 1 rings (SSSR count). The van der Waals surface area contributed by atoms with Gasteiger partial charge in [-0.3, -0.25) is 23.8 Å². The summed E-state index contributed by atoms with van der Waals surface area (Å²) in [6.07, 6.45) is 3.14. The molecule has 2 atom stereocenters. The van der Waals surface area contributed by atoms with E-state index in [1.807, 2.05) is 27.7 Å². The Kier molecular flexibility index (Phi) is 9.68. The molecule has 0 spiro atoms. The molecule has 8 heteroatoms. The first-order valence-electron chi connectivity index (χ1n) is 9.95. The summed E-state index contributed by atoms with van der Waals surface area (Å²) in [5.74, 6) is -0.158. The Morgan fingerprint density at radius 2 is 1.89 bits per heavy atom. The van der Waals surface area contributed by atoms with E-state index in [4.69, 9.17) is 0 Å². The lowest BCUT2D eigenvalue weighted by Crippen LogP contribution is -2.32. The number of carbonyl (C=O) groups excluding carboxylic acids is 3. The van der Waals surface area contributed by atoms with Gasteiger partial charge in [0.15, 0.2) is 0 Å². The summed E-state index contributed by atoms with van der Waals surface area (Å²) in [6, 6.07) is 0. The number of carbonyl (C=O) groups is 3. The van der Waals surface area contributed by atoms with Gasteiger partial charge >= 0.3 is 0 Å². The summed E-state index contributed by atoms with van der Waals surface area (Å²) in [5, 5.41) is 2.69. The molecular weight excluding hydrogens is 367 g/mol. The Balaban J connectivity index is 2.16. The first-order valence-corrected chi connectivity index (χ1v) is 12.0. The Labute approximate surface area is 162 Å². The van der Waals surface area contributed by atoms with Crippen LogP contribution in [0.25, 0.3) is 0 Å². The number of imide groups is 1. The van der Waals surface area contributed by atoms with Crippen molar-refractivity contribution < 1.29 is 23.8 Å². The Hall–Kier alpha value is -1.20. The third kappa shape index (κ3) is 8.56. The number of nitrogens with zero attached hydrogens (tertiary/aromatic N) is 1. The van der Waals surface area contributed by atoms with Crippen molar-refractivity contribution in [3.8, 4) is 0 Å². The van der Waals surface area contributed by atoms with Crippen LogP contribution in [0.5, 0.6) is 0 Å². The maximum atomic E-state index is 12.2. The van der Waals surface area contributed by atoms with E-state index in [0.29, 0.717) is 32.2 Å². The maximum Gasteiger partial charge on any atom is 0.233 e. The van der Waals surface area contributed by atoms with Gasteiger partial charge in [-0.2, -0.15) is 0 Å². The van der Waals surface area contributed by atoms with Crippen LogP contribution >= 0.6 is 7.37 Å². The number of unbranched alkanes of at least 4 members (excludes halogenated alkanes) is 2. The zero-order valence-corrected chi connectivity index (χ0v) is 18.0. The van der Waals surface area contributed by atoms with Gasteiger partial charge in [0.05, 0.1) is 0 Å². The Morgan fingerprint density at radius 3 is 2.44 bits per heavy atom. The fraction of sp³-hybridized carbons (Fsp3) is 0.842. The van der Waals surface area contributed by atoms with Crippen LogP contribution in [0.4, 0.5) is 0 Å². The summed E-state index contributed by atoms with van der Waals surface area (Å²) >= 11 is 0. The first kappa shape index (κ1) is 23.8. The second-order valence-corrected chi connectivity index (χ2v) is 10.8. The van der Waals surface area contributed by atoms with Crippen molar-refractivity contribution in [1.29, 1.82) is 0 Å². The SMILES string of the molecule is CC(C)CP(=O)(O)CCNC(=O)CCCCCN1C(=O)CC(C(C)C)C1=O. The highest BCUT2D eigenvalue weighted by atomic mass is 31.2. The number of hydrogen-bond acceptors (Lipinski definition) is 4. The van der Waals surface area contributed by atoms with Gasteiger partial charge in [-0.15, -0.1) is 0 Å². The minimum absolute atomic E-state index is 0.0671. The normalized spacial score (nSPS) is 19.8. The number of likely N-dealkylation sites (tertiary alicyclic amines) is 1. The number of nitrogens with one attached hydrogen (secondary N) is 1. The molecule has 2 N–H and O–H groups in total. The third-order valence-corrected chi connectivity index (χ3v) is 7.03. The number of amides is 3. The molecule has 1 heterocycles. The smallest absolute Gasteiger partial charge is 0.233 e. The fourth-order valence-electron chi connectivity index (χ4n) is 3.32. The van der Waals surface area contributed by atoms with Crippen molar-refractivity contribution in [2.45, 2.75) is 59.8 Å². The monoisotopic (exact) mass is 402 g/mol. The van der Waals surface area contributed by atoms with Gasteiger partial charge in [0.2, 0.25) is 25.1 Å². The number of hydrogen-bond donors (Lipinski definition) is 2. The van der Waals surface area contributed by atoms with E-state index in [0.717, 1.165) is 6.42 Å². The van der Waals surface area contributed by atoms with E-state index in [1.165, 1.54) is 4.90 Å². The van der Waals surface area contributed by atoms with Crippen LogP contribution in [0.15, 0.2) is 0 Å². The van der Waals surface area contributed by atoms with E-state index < -0.39 is 7.37 Å². The third-order valence-electron chi connectivity index (χ3n) is 4.80. The topological polar surface area (TPSA) is 104 Å². The summed E-state index contributed by atoms with van der Waals surface area (Å²) in [7, 11) is -3.16. The fourth-order valence-corrected chi connectivity index (χ4v) is 5.10. The van der Waals surface area contributed by atoms with Crippen LogP contribution in [-0.4, -0.2) is 52.9 Å². The average Bonchev–Trinajstić information content (AvgIpc) is 2.81. The van der Waals surface area contributed by atoms with Gasteiger partial charge in [0, 0.05) is 44.2 Å².